The van der Waals surface area contributed by atoms with Crippen molar-refractivity contribution in [2.24, 2.45) is 5.84 Å². The summed E-state index contributed by atoms with van der Waals surface area (Å²) in [4.78, 5) is 22.9. The van der Waals surface area contributed by atoms with E-state index in [1.165, 1.54) is 5.56 Å². The van der Waals surface area contributed by atoms with Gasteiger partial charge in [0.1, 0.15) is 0 Å². The van der Waals surface area contributed by atoms with Crippen molar-refractivity contribution in [1.29, 1.82) is 0 Å². The molecule has 2 N–H and O–H groups in total. The molecule has 21 heavy (non-hydrogen) atoms. The third-order valence-corrected chi connectivity index (χ3v) is 3.44. The molecule has 0 aliphatic carbocycles. The Labute approximate surface area is 121 Å². The third kappa shape index (κ3) is 2.64. The molecule has 1 aliphatic heterocycles. The van der Waals surface area contributed by atoms with Crippen molar-refractivity contribution in [1.82, 2.24) is 0 Å². The van der Waals surface area contributed by atoms with Gasteiger partial charge in [-0.3, -0.25) is 0 Å². The lowest BCUT2D eigenvalue weighted by Gasteiger charge is -2.19. The highest BCUT2D eigenvalue weighted by molar-refractivity contribution is 6.15. The van der Waals surface area contributed by atoms with Crippen LogP contribution >= 0.6 is 0 Å². The Morgan fingerprint density at radius 2 is 1.67 bits per heavy atom. The fourth-order valence-corrected chi connectivity index (χ4v) is 2.28. The molecule has 5 nitrogen and oxygen atoms in total. The summed E-state index contributed by atoms with van der Waals surface area (Å²) in [5, 5.41) is 1.56. The van der Waals surface area contributed by atoms with Crippen molar-refractivity contribution in [2.75, 3.05) is 11.6 Å². The van der Waals surface area contributed by atoms with E-state index in [0.29, 0.717) is 17.8 Å². The number of fused-ring (bicyclic) bond motifs is 1. The van der Waals surface area contributed by atoms with Crippen molar-refractivity contribution < 1.29 is 14.3 Å². The van der Waals surface area contributed by atoms with Crippen LogP contribution in [0.5, 0.6) is 0 Å². The van der Waals surface area contributed by atoms with Crippen LogP contribution in [0.25, 0.3) is 0 Å². The number of esters is 2. The Hall–Kier alpha value is -2.66. The van der Waals surface area contributed by atoms with Gasteiger partial charge in [-0.15, -0.1) is 0 Å². The highest BCUT2D eigenvalue weighted by atomic mass is 16.6. The Morgan fingerprint density at radius 1 is 0.952 bits per heavy atom. The van der Waals surface area contributed by atoms with E-state index >= 15 is 0 Å². The van der Waals surface area contributed by atoms with Crippen LogP contribution in [-0.4, -0.2) is 18.5 Å². The number of carbonyl (C=O) groups is 2. The Kier molecular flexibility index (Phi) is 3.41. The van der Waals surface area contributed by atoms with Crippen LogP contribution in [0.2, 0.25) is 0 Å². The van der Waals surface area contributed by atoms with Crippen LogP contribution in [0, 0.1) is 0 Å². The van der Waals surface area contributed by atoms with Crippen LogP contribution in [0.15, 0.2) is 48.5 Å². The number of carbonyl (C=O) groups excluding carboxylic acids is 2. The molecular weight excluding hydrogens is 268 g/mol. The minimum Gasteiger partial charge on any atom is -0.386 e. The van der Waals surface area contributed by atoms with E-state index in [2.05, 4.69) is 4.74 Å². The SMILES string of the molecule is NN(CCc1ccccc1)c1ccc2c(c1)C(=O)OC2=O. The van der Waals surface area contributed by atoms with Crippen LogP contribution in [0.1, 0.15) is 26.3 Å². The quantitative estimate of drug-likeness (QED) is 0.401. The van der Waals surface area contributed by atoms with Gasteiger partial charge in [0.25, 0.3) is 0 Å². The van der Waals surface area contributed by atoms with E-state index in [0.717, 1.165) is 6.42 Å². The van der Waals surface area contributed by atoms with Crippen LogP contribution in [-0.2, 0) is 11.2 Å². The largest absolute Gasteiger partial charge is 0.386 e. The summed E-state index contributed by atoms with van der Waals surface area (Å²) >= 11 is 0. The average molecular weight is 282 g/mol. The molecular formula is C16H14N2O3. The van der Waals surface area contributed by atoms with Crippen LogP contribution in [0.4, 0.5) is 5.69 Å². The molecule has 106 valence electrons. The molecule has 0 saturated carbocycles. The van der Waals surface area contributed by atoms with Gasteiger partial charge in [0.05, 0.1) is 16.8 Å². The van der Waals surface area contributed by atoms with Crippen LogP contribution < -0.4 is 10.9 Å². The van der Waals surface area contributed by atoms with Gasteiger partial charge >= 0.3 is 11.9 Å². The molecule has 2 aromatic rings. The number of ether oxygens (including phenoxy) is 1. The van der Waals surface area contributed by atoms with Gasteiger partial charge in [-0.05, 0) is 30.2 Å². The monoisotopic (exact) mass is 282 g/mol. The van der Waals surface area contributed by atoms with Crippen molar-refractivity contribution in [3.8, 4) is 0 Å². The lowest BCUT2D eigenvalue weighted by molar-refractivity contribution is 0.0444. The normalized spacial score (nSPS) is 13.0. The van der Waals surface area contributed by atoms with Crippen molar-refractivity contribution in [2.45, 2.75) is 6.42 Å². The second-order valence-electron chi connectivity index (χ2n) is 4.84. The first-order chi connectivity index (χ1) is 10.1. The summed E-state index contributed by atoms with van der Waals surface area (Å²) in [5.74, 6) is 4.79. The van der Waals surface area contributed by atoms with E-state index in [1.807, 2.05) is 30.3 Å². The molecule has 0 fully saturated rings. The number of benzene rings is 2. The van der Waals surface area contributed by atoms with Gasteiger partial charge in [0.2, 0.25) is 0 Å². The molecule has 0 saturated heterocycles. The first-order valence-corrected chi connectivity index (χ1v) is 6.62. The Bertz CT molecular complexity index is 698. The summed E-state index contributed by atoms with van der Waals surface area (Å²) in [6.45, 7) is 0.603. The minimum atomic E-state index is -0.617. The van der Waals surface area contributed by atoms with Gasteiger partial charge in [0.15, 0.2) is 0 Å². The molecule has 1 aliphatic rings. The summed E-state index contributed by atoms with van der Waals surface area (Å²) in [7, 11) is 0. The molecule has 5 heteroatoms. The number of rotatable bonds is 4. The van der Waals surface area contributed by atoms with Gasteiger partial charge in [-0.1, -0.05) is 30.3 Å². The standard InChI is InChI=1S/C16H14N2O3/c17-18(9-8-11-4-2-1-3-5-11)12-6-7-13-14(10-12)16(20)21-15(13)19/h1-7,10H,8-9,17H2. The fourth-order valence-electron chi connectivity index (χ4n) is 2.28. The molecule has 1 heterocycles. The Morgan fingerprint density at radius 3 is 2.43 bits per heavy atom. The minimum absolute atomic E-state index is 0.271. The molecule has 3 rings (SSSR count). The summed E-state index contributed by atoms with van der Waals surface area (Å²) in [5.41, 5.74) is 2.42. The number of nitrogens with zero attached hydrogens (tertiary/aromatic N) is 1. The maximum atomic E-state index is 11.5. The number of anilines is 1. The zero-order valence-corrected chi connectivity index (χ0v) is 11.3. The zero-order chi connectivity index (χ0) is 14.8. The molecule has 0 spiro atoms. The molecule has 0 radical (unpaired) electrons. The van der Waals surface area contributed by atoms with Crippen LogP contribution in [0.3, 0.4) is 0 Å². The topological polar surface area (TPSA) is 72.6 Å². The predicted octanol–water partition coefficient (Wildman–Crippen LogP) is 1.92. The molecule has 0 bridgehead atoms. The highest BCUT2D eigenvalue weighted by Gasteiger charge is 2.29. The number of hydrazine groups is 1. The van der Waals surface area contributed by atoms with Crippen molar-refractivity contribution in [3.63, 3.8) is 0 Å². The summed E-state index contributed by atoms with van der Waals surface area (Å²) in [6.07, 6.45) is 0.789. The van der Waals surface area contributed by atoms with Gasteiger partial charge < -0.3 is 9.75 Å². The molecule has 0 aromatic heterocycles. The second-order valence-corrected chi connectivity index (χ2v) is 4.84. The van der Waals surface area contributed by atoms with E-state index in [9.17, 15) is 9.59 Å². The Balaban J connectivity index is 1.74. The predicted molar refractivity (Wildman–Crippen MR) is 77.9 cm³/mol. The number of nitrogens with two attached hydrogens (primary N) is 1. The maximum absolute atomic E-state index is 11.5. The van der Waals surface area contributed by atoms with Gasteiger partial charge in [0, 0.05) is 6.54 Å². The summed E-state index contributed by atoms with van der Waals surface area (Å²) in [6, 6.07) is 14.9. The lowest BCUT2D eigenvalue weighted by atomic mass is 10.1. The van der Waals surface area contributed by atoms with Gasteiger partial charge in [-0.25, -0.2) is 15.4 Å². The van der Waals surface area contributed by atoms with E-state index in [1.54, 1.807) is 23.2 Å². The van der Waals surface area contributed by atoms with E-state index in [4.69, 9.17) is 5.84 Å². The number of cyclic esters (lactones) is 2. The van der Waals surface area contributed by atoms with E-state index < -0.39 is 11.9 Å². The summed E-state index contributed by atoms with van der Waals surface area (Å²) < 4.78 is 4.56. The lowest BCUT2D eigenvalue weighted by Crippen LogP contribution is -2.33. The van der Waals surface area contributed by atoms with Crippen molar-refractivity contribution >= 4 is 17.6 Å². The first kappa shape index (κ1) is 13.3. The van der Waals surface area contributed by atoms with E-state index in [-0.39, 0.29) is 5.56 Å². The molecule has 0 unspecified atom stereocenters. The fraction of sp³-hybridized carbons (Fsp3) is 0.125. The molecule has 2 aromatic carbocycles. The maximum Gasteiger partial charge on any atom is 0.346 e. The smallest absolute Gasteiger partial charge is 0.346 e. The third-order valence-electron chi connectivity index (χ3n) is 3.44. The average Bonchev–Trinajstić information content (AvgIpc) is 2.80. The molecule has 0 atom stereocenters. The first-order valence-electron chi connectivity index (χ1n) is 6.62. The van der Waals surface area contributed by atoms with Crippen molar-refractivity contribution in [3.05, 3.63) is 65.2 Å². The number of hydrogen-bond donors (Lipinski definition) is 1. The highest BCUT2D eigenvalue weighted by Crippen LogP contribution is 2.24. The number of hydrogen-bond acceptors (Lipinski definition) is 5. The molecule has 0 amide bonds. The zero-order valence-electron chi connectivity index (χ0n) is 11.3. The van der Waals surface area contributed by atoms with Gasteiger partial charge in [-0.2, -0.15) is 0 Å². The second kappa shape index (κ2) is 5.38.